The topological polar surface area (TPSA) is 9.23 Å². The maximum Gasteiger partial charge on any atom is 0.146 e. The maximum absolute atomic E-state index is 5.76. The SMILES string of the molecule is [SiH3]OC12CCCC1CCC2. The van der Waals surface area contributed by atoms with Gasteiger partial charge >= 0.3 is 0 Å². The maximum atomic E-state index is 5.76. The van der Waals surface area contributed by atoms with E-state index in [1.165, 1.54) is 38.5 Å². The van der Waals surface area contributed by atoms with Crippen LogP contribution in [0.25, 0.3) is 0 Å². The highest BCUT2D eigenvalue weighted by Crippen LogP contribution is 2.49. The van der Waals surface area contributed by atoms with E-state index in [4.69, 9.17) is 4.43 Å². The average Bonchev–Trinajstić information content (AvgIpc) is 2.42. The van der Waals surface area contributed by atoms with Crippen LogP contribution in [0.4, 0.5) is 0 Å². The second-order valence-corrected chi connectivity index (χ2v) is 4.16. The summed E-state index contributed by atoms with van der Waals surface area (Å²) >= 11 is 0. The largest absolute Gasteiger partial charge is 0.422 e. The molecule has 58 valence electrons. The van der Waals surface area contributed by atoms with Crippen LogP contribution in [0.5, 0.6) is 0 Å². The van der Waals surface area contributed by atoms with Gasteiger partial charge < -0.3 is 4.43 Å². The van der Waals surface area contributed by atoms with E-state index in [-0.39, 0.29) is 0 Å². The van der Waals surface area contributed by atoms with Crippen molar-refractivity contribution in [2.75, 3.05) is 0 Å². The lowest BCUT2D eigenvalue weighted by Gasteiger charge is -2.28. The van der Waals surface area contributed by atoms with Crippen LogP contribution in [0.2, 0.25) is 0 Å². The summed E-state index contributed by atoms with van der Waals surface area (Å²) < 4.78 is 5.76. The van der Waals surface area contributed by atoms with Gasteiger partial charge in [-0.2, -0.15) is 0 Å². The fraction of sp³-hybridized carbons (Fsp3) is 1.00. The number of fused-ring (bicyclic) bond motifs is 1. The first-order valence-electron chi connectivity index (χ1n) is 4.42. The average molecular weight is 156 g/mol. The molecule has 2 heteroatoms. The molecular weight excluding hydrogens is 140 g/mol. The smallest absolute Gasteiger partial charge is 0.146 e. The monoisotopic (exact) mass is 156 g/mol. The first-order chi connectivity index (χ1) is 4.87. The predicted octanol–water partition coefficient (Wildman–Crippen LogP) is 1.01. The van der Waals surface area contributed by atoms with Crippen molar-refractivity contribution < 1.29 is 4.43 Å². The number of hydrogen-bond acceptors (Lipinski definition) is 1. The summed E-state index contributed by atoms with van der Waals surface area (Å²) in [6, 6.07) is 0. The molecule has 2 fully saturated rings. The summed E-state index contributed by atoms with van der Waals surface area (Å²) in [5.41, 5.74) is 0.409. The highest BCUT2D eigenvalue weighted by molar-refractivity contribution is 5.98. The molecule has 0 aromatic carbocycles. The van der Waals surface area contributed by atoms with Gasteiger partial charge in [0, 0.05) is 0 Å². The van der Waals surface area contributed by atoms with Crippen molar-refractivity contribution >= 4 is 10.5 Å². The minimum atomic E-state index is 0.409. The molecule has 1 nitrogen and oxygen atoms in total. The molecule has 2 aliphatic carbocycles. The molecule has 0 saturated heterocycles. The number of rotatable bonds is 1. The third-order valence-corrected chi connectivity index (χ3v) is 4.27. The van der Waals surface area contributed by atoms with Gasteiger partial charge in [0.1, 0.15) is 10.5 Å². The van der Waals surface area contributed by atoms with Crippen LogP contribution in [-0.4, -0.2) is 16.1 Å². The molecule has 2 rings (SSSR count). The minimum absolute atomic E-state index is 0.409. The Morgan fingerprint density at radius 2 is 1.80 bits per heavy atom. The lowest BCUT2D eigenvalue weighted by atomic mass is 9.95. The summed E-state index contributed by atoms with van der Waals surface area (Å²) in [6.45, 7) is 0. The summed E-state index contributed by atoms with van der Waals surface area (Å²) in [7, 11) is 0.943. The first-order valence-corrected chi connectivity index (χ1v) is 5.24. The van der Waals surface area contributed by atoms with Crippen LogP contribution in [0.15, 0.2) is 0 Å². The molecule has 0 aromatic rings. The Hall–Kier alpha value is 0.177. The van der Waals surface area contributed by atoms with Crippen molar-refractivity contribution in [3.05, 3.63) is 0 Å². The quantitative estimate of drug-likeness (QED) is 0.515. The molecule has 2 aliphatic rings. The van der Waals surface area contributed by atoms with E-state index in [0.717, 1.165) is 16.4 Å². The van der Waals surface area contributed by atoms with Crippen molar-refractivity contribution in [2.24, 2.45) is 5.92 Å². The van der Waals surface area contributed by atoms with Crippen LogP contribution in [-0.2, 0) is 4.43 Å². The van der Waals surface area contributed by atoms with Gasteiger partial charge in [-0.05, 0) is 31.6 Å². The third kappa shape index (κ3) is 0.784. The fourth-order valence-electron chi connectivity index (χ4n) is 2.87. The highest BCUT2D eigenvalue weighted by atomic mass is 28.2. The van der Waals surface area contributed by atoms with E-state index < -0.39 is 0 Å². The van der Waals surface area contributed by atoms with E-state index in [1.54, 1.807) is 0 Å². The van der Waals surface area contributed by atoms with Crippen LogP contribution >= 0.6 is 0 Å². The van der Waals surface area contributed by atoms with E-state index in [9.17, 15) is 0 Å². The predicted molar refractivity (Wildman–Crippen MR) is 44.9 cm³/mol. The normalized spacial score (nSPS) is 46.2. The van der Waals surface area contributed by atoms with Crippen molar-refractivity contribution in [3.8, 4) is 0 Å². The molecule has 0 aliphatic heterocycles. The molecule has 0 radical (unpaired) electrons. The molecule has 0 atom stereocenters. The van der Waals surface area contributed by atoms with Gasteiger partial charge in [0.05, 0.1) is 5.60 Å². The van der Waals surface area contributed by atoms with Crippen molar-refractivity contribution in [1.82, 2.24) is 0 Å². The van der Waals surface area contributed by atoms with Crippen molar-refractivity contribution in [2.45, 2.75) is 44.1 Å². The zero-order valence-electron chi connectivity index (χ0n) is 6.73. The van der Waals surface area contributed by atoms with Crippen LogP contribution in [0.3, 0.4) is 0 Å². The Labute approximate surface area is 65.7 Å². The molecule has 0 amide bonds. The van der Waals surface area contributed by atoms with Crippen molar-refractivity contribution in [1.29, 1.82) is 0 Å². The van der Waals surface area contributed by atoms with Gasteiger partial charge in [0.2, 0.25) is 0 Å². The molecule has 2 saturated carbocycles. The first kappa shape index (κ1) is 6.86. The Kier molecular flexibility index (Phi) is 1.61. The van der Waals surface area contributed by atoms with Gasteiger partial charge in [0.15, 0.2) is 0 Å². The Morgan fingerprint density at radius 1 is 1.20 bits per heavy atom. The van der Waals surface area contributed by atoms with Gasteiger partial charge in [-0.3, -0.25) is 0 Å². The van der Waals surface area contributed by atoms with Gasteiger partial charge in [-0.15, -0.1) is 0 Å². The molecule has 0 heterocycles. The van der Waals surface area contributed by atoms with Crippen molar-refractivity contribution in [3.63, 3.8) is 0 Å². The minimum Gasteiger partial charge on any atom is -0.422 e. The Bertz CT molecular complexity index is 125. The highest BCUT2D eigenvalue weighted by Gasteiger charge is 2.45. The van der Waals surface area contributed by atoms with E-state index in [2.05, 4.69) is 0 Å². The van der Waals surface area contributed by atoms with Gasteiger partial charge in [-0.1, -0.05) is 12.8 Å². The summed E-state index contributed by atoms with van der Waals surface area (Å²) in [6.07, 6.45) is 8.46. The zero-order chi connectivity index (χ0) is 7.03. The molecular formula is C8H16OSi. The molecule has 0 aromatic heterocycles. The summed E-state index contributed by atoms with van der Waals surface area (Å²) in [4.78, 5) is 0. The van der Waals surface area contributed by atoms with E-state index >= 15 is 0 Å². The Morgan fingerprint density at radius 3 is 2.20 bits per heavy atom. The van der Waals surface area contributed by atoms with Crippen LogP contribution in [0, 0.1) is 5.92 Å². The van der Waals surface area contributed by atoms with E-state index in [1.807, 2.05) is 0 Å². The lowest BCUT2D eigenvalue weighted by Crippen LogP contribution is -2.30. The van der Waals surface area contributed by atoms with E-state index in [0.29, 0.717) is 5.60 Å². The van der Waals surface area contributed by atoms with Crippen LogP contribution < -0.4 is 0 Å². The number of hydrogen-bond donors (Lipinski definition) is 0. The second kappa shape index (κ2) is 2.34. The standard InChI is InChI=1S/C8H16OSi/c10-9-8-5-1-3-7(8)4-2-6-8/h7H,1-6H2,10H3. The fourth-order valence-corrected chi connectivity index (χ4v) is 3.61. The molecule has 0 spiro atoms. The summed E-state index contributed by atoms with van der Waals surface area (Å²) in [5.74, 6) is 0.949. The molecule has 0 unspecified atom stereocenters. The molecule has 10 heavy (non-hydrogen) atoms. The Balaban J connectivity index is 2.15. The third-order valence-electron chi connectivity index (χ3n) is 3.46. The summed E-state index contributed by atoms with van der Waals surface area (Å²) in [5, 5.41) is 0. The second-order valence-electron chi connectivity index (χ2n) is 3.75. The lowest BCUT2D eigenvalue weighted by molar-refractivity contribution is 0.0616. The van der Waals surface area contributed by atoms with Gasteiger partial charge in [-0.25, -0.2) is 0 Å². The van der Waals surface area contributed by atoms with Crippen LogP contribution in [0.1, 0.15) is 38.5 Å². The zero-order valence-corrected chi connectivity index (χ0v) is 8.73. The molecule has 0 bridgehead atoms. The molecule has 0 N–H and O–H groups in total. The van der Waals surface area contributed by atoms with Gasteiger partial charge in [0.25, 0.3) is 0 Å².